The average Bonchev–Trinajstić information content (AvgIpc) is 1.99. The van der Waals surface area contributed by atoms with Crippen molar-refractivity contribution in [2.75, 3.05) is 7.11 Å². The van der Waals surface area contributed by atoms with Crippen molar-refractivity contribution in [3.8, 4) is 0 Å². The largest absolute Gasteiger partial charge is 0.412 e. The third-order valence-corrected chi connectivity index (χ3v) is 2.42. The van der Waals surface area contributed by atoms with E-state index in [1.807, 2.05) is 0 Å². The van der Waals surface area contributed by atoms with Crippen molar-refractivity contribution in [1.82, 2.24) is 0 Å². The van der Waals surface area contributed by atoms with Gasteiger partial charge in [0.1, 0.15) is 0 Å². The predicted octanol–water partition coefficient (Wildman–Crippen LogP) is 1.65. The van der Waals surface area contributed by atoms with Gasteiger partial charge in [0, 0.05) is 275 Å². The van der Waals surface area contributed by atoms with E-state index in [0.717, 1.165) is 0 Å². The molecule has 0 N–H and O–H groups in total. The monoisotopic (exact) mass is 867 g/mol. The smallest absolute Gasteiger partial charge is 0.0353 e. The van der Waals surface area contributed by atoms with Crippen LogP contribution in [0.5, 0.6) is 0 Å². The molecule has 0 aromatic heterocycles. The standard InChI is InChI=1S/C9H16O2.8Y/c1-6-5-9(10-4)11-8(3)7(6)2;;;;;;;;/h5-9H,3H2,1-2,4H3;;;;;;;;/q-2;;;;;;;;. The summed E-state index contributed by atoms with van der Waals surface area (Å²) in [6, 6.07) is 0. The molecule has 1 fully saturated rings. The summed E-state index contributed by atoms with van der Waals surface area (Å²) in [5.41, 5.74) is 0. The van der Waals surface area contributed by atoms with Gasteiger partial charge in [0.05, 0.1) is 0 Å². The van der Waals surface area contributed by atoms with Crippen molar-refractivity contribution in [2.24, 2.45) is 11.8 Å². The molecule has 1 rings (SSSR count). The van der Waals surface area contributed by atoms with Gasteiger partial charge < -0.3 is 16.4 Å². The first-order chi connectivity index (χ1) is 5.15. The molecule has 10 heteroatoms. The van der Waals surface area contributed by atoms with Gasteiger partial charge in [-0.25, -0.2) is 0 Å². The molecule has 0 aromatic carbocycles. The van der Waals surface area contributed by atoms with Crippen molar-refractivity contribution >= 4 is 0 Å². The van der Waals surface area contributed by atoms with E-state index in [1.165, 1.54) is 0 Å². The molecule has 8 radical (unpaired) electrons. The number of hydrogen-bond acceptors (Lipinski definition) is 2. The van der Waals surface area contributed by atoms with Gasteiger partial charge >= 0.3 is 0 Å². The Morgan fingerprint density at radius 2 is 1.26 bits per heavy atom. The minimum absolute atomic E-state index is 0. The zero-order valence-corrected chi connectivity index (χ0v) is 34.7. The Kier molecular flexibility index (Phi) is 84.3. The molecule has 2 nitrogen and oxygen atoms in total. The molecule has 19 heavy (non-hydrogen) atoms. The van der Waals surface area contributed by atoms with E-state index in [-0.39, 0.29) is 274 Å². The first-order valence-electron chi connectivity index (χ1n) is 4.01. The van der Waals surface area contributed by atoms with Crippen molar-refractivity contribution in [3.05, 3.63) is 13.3 Å². The first kappa shape index (κ1) is 50.9. The predicted molar refractivity (Wildman–Crippen MR) is 43.7 cm³/mol. The van der Waals surface area contributed by atoms with Crippen LogP contribution in [0, 0.1) is 25.2 Å². The number of methoxy groups -OCH3 is 1. The second kappa shape index (κ2) is 31.4. The fourth-order valence-corrected chi connectivity index (χ4v) is 1.24. The Hall–Kier alpha value is 8.75. The van der Waals surface area contributed by atoms with Gasteiger partial charge in [-0.05, 0) is 0 Å². The summed E-state index contributed by atoms with van der Waals surface area (Å²) < 4.78 is 10.5. The second-order valence-corrected chi connectivity index (χ2v) is 3.19. The summed E-state index contributed by atoms with van der Waals surface area (Å²) in [6.07, 6.45) is 1.97. The topological polar surface area (TPSA) is 18.5 Å². The Bertz CT molecular complexity index is 131. The Morgan fingerprint density at radius 1 is 0.895 bits per heavy atom. The fourth-order valence-electron chi connectivity index (χ4n) is 1.24. The Morgan fingerprint density at radius 3 is 1.53 bits per heavy atom. The van der Waals surface area contributed by atoms with E-state index in [2.05, 4.69) is 27.2 Å². The van der Waals surface area contributed by atoms with Crippen molar-refractivity contribution in [3.63, 3.8) is 0 Å². The van der Waals surface area contributed by atoms with Gasteiger partial charge in [-0.1, -0.05) is 25.9 Å². The molecule has 1 aliphatic heterocycles. The molecule has 0 amide bonds. The van der Waals surface area contributed by atoms with E-state index in [4.69, 9.17) is 9.47 Å². The third-order valence-electron chi connectivity index (χ3n) is 2.42. The van der Waals surface area contributed by atoms with Crippen LogP contribution in [-0.4, -0.2) is 19.5 Å². The summed E-state index contributed by atoms with van der Waals surface area (Å²) in [5.74, 6) is 1.01. The summed E-state index contributed by atoms with van der Waals surface area (Å²) in [6.45, 7) is 8.21. The van der Waals surface area contributed by atoms with Crippen LogP contribution in [0.2, 0.25) is 0 Å². The first-order valence-corrected chi connectivity index (χ1v) is 4.01. The Labute approximate surface area is 320 Å². The molecule has 4 unspecified atom stereocenters. The van der Waals surface area contributed by atoms with Crippen LogP contribution in [-0.2, 0) is 271 Å². The minimum atomic E-state index is -0.163. The molecule has 1 aliphatic rings. The molecular formula is C9H16O2Y8-2. The van der Waals surface area contributed by atoms with Gasteiger partial charge in [0.15, 0.2) is 0 Å². The molecule has 1 heterocycles. The number of rotatable bonds is 1. The number of ether oxygens (including phenoxy) is 2. The van der Waals surface area contributed by atoms with E-state index >= 15 is 0 Å². The van der Waals surface area contributed by atoms with Crippen molar-refractivity contribution in [2.45, 2.75) is 26.2 Å². The van der Waals surface area contributed by atoms with E-state index < -0.39 is 0 Å². The normalized spacial score (nSPS) is 26.5. The Balaban J connectivity index is -0.0000000252. The zero-order valence-electron chi connectivity index (χ0n) is 12.0. The second-order valence-electron chi connectivity index (χ2n) is 3.19. The SMILES string of the molecule is [CH2-]C1OC(OC)[CH-]C(C)C1C.[Y].[Y].[Y].[Y].[Y].[Y].[Y].[Y]. The van der Waals surface area contributed by atoms with Crippen LogP contribution in [0.25, 0.3) is 0 Å². The van der Waals surface area contributed by atoms with E-state index in [1.54, 1.807) is 7.11 Å². The maximum absolute atomic E-state index is 5.43. The maximum Gasteiger partial charge on any atom is 0.0353 e. The van der Waals surface area contributed by atoms with Gasteiger partial charge in [-0.15, -0.1) is 0 Å². The molecule has 90 valence electrons. The molecule has 0 bridgehead atoms. The van der Waals surface area contributed by atoms with Gasteiger partial charge in [-0.3, -0.25) is 6.42 Å². The van der Waals surface area contributed by atoms with Crippen LogP contribution < -0.4 is 0 Å². The summed E-state index contributed by atoms with van der Waals surface area (Å²) >= 11 is 0. The van der Waals surface area contributed by atoms with Gasteiger partial charge in [0.2, 0.25) is 0 Å². The van der Waals surface area contributed by atoms with Gasteiger partial charge in [-0.2, -0.15) is 5.92 Å². The molecule has 1 saturated heterocycles. The molecule has 0 saturated carbocycles. The quantitative estimate of drug-likeness (QED) is 0.374. The maximum atomic E-state index is 5.43. The summed E-state index contributed by atoms with van der Waals surface area (Å²) in [4.78, 5) is 0. The van der Waals surface area contributed by atoms with E-state index in [0.29, 0.717) is 11.8 Å². The van der Waals surface area contributed by atoms with Crippen molar-refractivity contribution in [1.29, 1.82) is 0 Å². The fraction of sp³-hybridized carbons (Fsp3) is 0.778. The van der Waals surface area contributed by atoms with Crippen LogP contribution >= 0.6 is 0 Å². The third kappa shape index (κ3) is 22.9. The van der Waals surface area contributed by atoms with Crippen LogP contribution in [0.1, 0.15) is 13.8 Å². The minimum Gasteiger partial charge on any atom is -0.412 e. The van der Waals surface area contributed by atoms with Gasteiger partial charge in [0.25, 0.3) is 0 Å². The average molecular weight is 867 g/mol. The molecule has 0 aliphatic carbocycles. The molecular weight excluding hydrogens is 851 g/mol. The van der Waals surface area contributed by atoms with E-state index in [9.17, 15) is 0 Å². The van der Waals surface area contributed by atoms with Crippen molar-refractivity contribution < 1.29 is 271 Å². The molecule has 4 atom stereocenters. The number of hydrogen-bond donors (Lipinski definition) is 0. The van der Waals surface area contributed by atoms with Crippen LogP contribution in [0.15, 0.2) is 0 Å². The van der Waals surface area contributed by atoms with Crippen LogP contribution in [0.4, 0.5) is 0 Å². The summed E-state index contributed by atoms with van der Waals surface area (Å²) in [7, 11) is 1.65. The summed E-state index contributed by atoms with van der Waals surface area (Å²) in [5, 5.41) is 0. The molecule has 0 aromatic rings. The molecule has 0 spiro atoms. The zero-order chi connectivity index (χ0) is 8.43. The van der Waals surface area contributed by atoms with Crippen LogP contribution in [0.3, 0.4) is 0 Å².